The number of aromatic amines is 1. The number of thiazole rings is 1. The highest BCUT2D eigenvalue weighted by molar-refractivity contribution is 8.01. The molecule has 0 saturated heterocycles. The summed E-state index contributed by atoms with van der Waals surface area (Å²) in [7, 11) is 0. The van der Waals surface area contributed by atoms with Crippen LogP contribution >= 0.6 is 34.4 Å². The molecule has 0 atom stereocenters. The molecule has 146 valence electrons. The average molecular weight is 437 g/mol. The Morgan fingerprint density at radius 2 is 2.07 bits per heavy atom. The molecule has 0 aliphatic carbocycles. The lowest BCUT2D eigenvalue weighted by atomic mass is 10.2. The fourth-order valence-electron chi connectivity index (χ4n) is 2.07. The second kappa shape index (κ2) is 9.57. The molecule has 0 unspecified atom stereocenters. The van der Waals surface area contributed by atoms with Crippen LogP contribution in [0, 0.1) is 0 Å². The van der Waals surface area contributed by atoms with E-state index in [-0.39, 0.29) is 23.8 Å². The Morgan fingerprint density at radius 1 is 1.21 bits per heavy atom. The minimum Gasteiger partial charge on any atom is -0.328 e. The molecule has 12 heteroatoms. The molecule has 2 amide bonds. The zero-order valence-electron chi connectivity index (χ0n) is 14.7. The average Bonchev–Trinajstić information content (AvgIpc) is 3.30. The SMILES string of the molecule is CCSc1nnc(NC(=O)CCc2csc(NC(=O)c3ccc(=O)[nH]c3)n2)s1. The number of carbonyl (C=O) groups is 2. The van der Waals surface area contributed by atoms with Gasteiger partial charge < -0.3 is 10.3 Å². The van der Waals surface area contributed by atoms with E-state index in [1.54, 1.807) is 17.1 Å². The number of aryl methyl sites for hydroxylation is 1. The number of pyridine rings is 1. The van der Waals surface area contributed by atoms with E-state index in [2.05, 4.69) is 30.8 Å². The monoisotopic (exact) mass is 436 g/mol. The predicted octanol–water partition coefficient (Wildman–Crippen LogP) is 2.62. The van der Waals surface area contributed by atoms with E-state index >= 15 is 0 Å². The third kappa shape index (κ3) is 5.71. The Labute approximate surface area is 172 Å². The van der Waals surface area contributed by atoms with Crippen LogP contribution in [0.15, 0.2) is 32.8 Å². The third-order valence-electron chi connectivity index (χ3n) is 3.35. The zero-order chi connectivity index (χ0) is 19.9. The number of hydrogen-bond acceptors (Lipinski definition) is 9. The first kappa shape index (κ1) is 20.2. The van der Waals surface area contributed by atoms with Gasteiger partial charge in [-0.2, -0.15) is 0 Å². The Morgan fingerprint density at radius 3 is 2.82 bits per heavy atom. The maximum absolute atomic E-state index is 12.1. The number of aromatic nitrogens is 4. The topological polar surface area (TPSA) is 130 Å². The highest BCUT2D eigenvalue weighted by Gasteiger charge is 2.12. The van der Waals surface area contributed by atoms with E-state index in [4.69, 9.17) is 0 Å². The van der Waals surface area contributed by atoms with Gasteiger partial charge >= 0.3 is 0 Å². The Hall–Kier alpha value is -2.57. The van der Waals surface area contributed by atoms with Crippen molar-refractivity contribution in [1.82, 2.24) is 20.2 Å². The van der Waals surface area contributed by atoms with Crippen LogP contribution in [-0.2, 0) is 11.2 Å². The van der Waals surface area contributed by atoms with Gasteiger partial charge in [0.25, 0.3) is 5.91 Å². The Balaban J connectivity index is 1.48. The summed E-state index contributed by atoms with van der Waals surface area (Å²) in [6.45, 7) is 2.02. The van der Waals surface area contributed by atoms with Gasteiger partial charge in [-0.3, -0.25) is 19.7 Å². The van der Waals surface area contributed by atoms with Crippen molar-refractivity contribution in [3.05, 3.63) is 45.3 Å². The summed E-state index contributed by atoms with van der Waals surface area (Å²) in [5, 5.41) is 16.0. The van der Waals surface area contributed by atoms with E-state index < -0.39 is 0 Å². The summed E-state index contributed by atoms with van der Waals surface area (Å²) < 4.78 is 0.820. The van der Waals surface area contributed by atoms with E-state index in [0.717, 1.165) is 10.1 Å². The predicted molar refractivity (Wildman–Crippen MR) is 110 cm³/mol. The first-order valence-electron chi connectivity index (χ1n) is 8.24. The molecule has 3 N–H and O–H groups in total. The van der Waals surface area contributed by atoms with Crippen LogP contribution in [-0.4, -0.2) is 37.7 Å². The van der Waals surface area contributed by atoms with Gasteiger partial charge in [-0.1, -0.05) is 30.0 Å². The lowest BCUT2D eigenvalue weighted by molar-refractivity contribution is -0.116. The summed E-state index contributed by atoms with van der Waals surface area (Å²) in [5.41, 5.74) is 0.755. The molecule has 0 spiro atoms. The van der Waals surface area contributed by atoms with Gasteiger partial charge in [-0.05, 0) is 18.2 Å². The summed E-state index contributed by atoms with van der Waals surface area (Å²) >= 11 is 4.19. The molecule has 0 fully saturated rings. The quantitative estimate of drug-likeness (QED) is 0.365. The molecule has 0 aromatic carbocycles. The van der Waals surface area contributed by atoms with Crippen LogP contribution in [0.1, 0.15) is 29.4 Å². The lowest BCUT2D eigenvalue weighted by Crippen LogP contribution is -2.14. The largest absolute Gasteiger partial charge is 0.328 e. The fourth-order valence-corrected chi connectivity index (χ4v) is 4.47. The molecular formula is C16H16N6O3S3. The van der Waals surface area contributed by atoms with E-state index in [9.17, 15) is 14.4 Å². The second-order valence-electron chi connectivity index (χ2n) is 5.39. The lowest BCUT2D eigenvalue weighted by Gasteiger charge is -2.01. The molecule has 0 aliphatic rings. The molecule has 3 aromatic rings. The van der Waals surface area contributed by atoms with Gasteiger partial charge in [0.2, 0.25) is 16.6 Å². The zero-order valence-corrected chi connectivity index (χ0v) is 17.2. The maximum atomic E-state index is 12.1. The van der Waals surface area contributed by atoms with Gasteiger partial charge in [-0.15, -0.1) is 21.5 Å². The van der Waals surface area contributed by atoms with Gasteiger partial charge in [0.1, 0.15) is 0 Å². The molecule has 0 saturated carbocycles. The highest BCUT2D eigenvalue weighted by atomic mass is 32.2. The summed E-state index contributed by atoms with van der Waals surface area (Å²) in [6, 6.07) is 2.72. The summed E-state index contributed by atoms with van der Waals surface area (Å²) in [4.78, 5) is 41.9. The molecule has 28 heavy (non-hydrogen) atoms. The van der Waals surface area contributed by atoms with Crippen molar-refractivity contribution in [2.24, 2.45) is 0 Å². The van der Waals surface area contributed by atoms with Crippen molar-refractivity contribution < 1.29 is 9.59 Å². The number of thioether (sulfide) groups is 1. The van der Waals surface area contributed by atoms with Crippen LogP contribution in [0.3, 0.4) is 0 Å². The van der Waals surface area contributed by atoms with Crippen molar-refractivity contribution in [3.8, 4) is 0 Å². The minimum atomic E-state index is -0.369. The number of H-pyrrole nitrogens is 1. The highest BCUT2D eigenvalue weighted by Crippen LogP contribution is 2.25. The molecular weight excluding hydrogens is 420 g/mol. The first-order valence-corrected chi connectivity index (χ1v) is 10.9. The second-order valence-corrected chi connectivity index (χ2v) is 8.74. The molecule has 3 rings (SSSR count). The Bertz CT molecular complexity index is 1010. The first-order chi connectivity index (χ1) is 13.5. The third-order valence-corrected chi connectivity index (χ3v) is 6.01. The number of hydrogen-bond donors (Lipinski definition) is 3. The molecule has 9 nitrogen and oxygen atoms in total. The summed E-state index contributed by atoms with van der Waals surface area (Å²) in [6.07, 6.45) is 2.02. The smallest absolute Gasteiger partial charge is 0.258 e. The van der Waals surface area contributed by atoms with Crippen molar-refractivity contribution >= 4 is 56.5 Å². The molecule has 0 aliphatic heterocycles. The molecule has 0 bridgehead atoms. The number of anilines is 2. The van der Waals surface area contributed by atoms with Gasteiger partial charge in [0.15, 0.2) is 9.47 Å². The van der Waals surface area contributed by atoms with E-state index in [1.807, 2.05) is 6.92 Å². The standard InChI is InChI=1S/C16H16N6O3S3/c1-2-26-16-22-21-15(28-16)19-12(24)6-4-10-8-27-14(18-10)20-13(25)9-3-5-11(23)17-7-9/h3,5,7-8H,2,4,6H2,1H3,(H,17,23)(H,18,20,25)(H,19,21,24). The van der Waals surface area contributed by atoms with Crippen LogP contribution in [0.4, 0.5) is 10.3 Å². The van der Waals surface area contributed by atoms with Crippen molar-refractivity contribution in [3.63, 3.8) is 0 Å². The molecule has 0 radical (unpaired) electrons. The van der Waals surface area contributed by atoms with Crippen LogP contribution in [0.2, 0.25) is 0 Å². The number of carbonyl (C=O) groups excluding carboxylic acids is 2. The van der Waals surface area contributed by atoms with Crippen molar-refractivity contribution in [2.45, 2.75) is 24.1 Å². The number of rotatable bonds is 8. The number of nitrogens with zero attached hydrogens (tertiary/aromatic N) is 3. The van der Waals surface area contributed by atoms with Crippen molar-refractivity contribution in [1.29, 1.82) is 0 Å². The van der Waals surface area contributed by atoms with E-state index in [0.29, 0.717) is 27.9 Å². The van der Waals surface area contributed by atoms with Gasteiger partial charge in [0, 0.05) is 24.1 Å². The summed E-state index contributed by atoms with van der Waals surface area (Å²) in [5.74, 6) is 0.357. The molecule has 3 heterocycles. The molecule has 3 aromatic heterocycles. The Kier molecular flexibility index (Phi) is 6.90. The van der Waals surface area contributed by atoms with Crippen LogP contribution in [0.5, 0.6) is 0 Å². The van der Waals surface area contributed by atoms with Crippen LogP contribution < -0.4 is 16.2 Å². The maximum Gasteiger partial charge on any atom is 0.258 e. The van der Waals surface area contributed by atoms with Gasteiger partial charge in [0.05, 0.1) is 11.3 Å². The fraction of sp³-hybridized carbons (Fsp3) is 0.250. The normalized spacial score (nSPS) is 10.6. The number of nitrogens with one attached hydrogen (secondary N) is 3. The van der Waals surface area contributed by atoms with Crippen LogP contribution in [0.25, 0.3) is 0 Å². The minimum absolute atomic E-state index is 0.170. The van der Waals surface area contributed by atoms with Crippen molar-refractivity contribution in [2.75, 3.05) is 16.4 Å². The van der Waals surface area contributed by atoms with Gasteiger partial charge in [-0.25, -0.2) is 4.98 Å². The van der Waals surface area contributed by atoms with E-state index in [1.165, 1.54) is 41.0 Å². The number of amides is 2.